The van der Waals surface area contributed by atoms with Gasteiger partial charge in [0.25, 0.3) is 0 Å². The largest absolute Gasteiger partial charge is 0.396 e. The number of aliphatic hydroxyl groups is 1. The zero-order valence-electron chi connectivity index (χ0n) is 12.3. The minimum Gasteiger partial charge on any atom is -0.396 e. The number of hydrogen-bond acceptors (Lipinski definition) is 3. The van der Waals surface area contributed by atoms with Crippen LogP contribution in [0.5, 0.6) is 0 Å². The Bertz CT molecular complexity index is 391. The van der Waals surface area contributed by atoms with Crippen LogP contribution in [0.25, 0.3) is 0 Å². The summed E-state index contributed by atoms with van der Waals surface area (Å²) in [4.78, 5) is 4.93. The fourth-order valence-electron chi connectivity index (χ4n) is 3.03. The van der Waals surface area contributed by atoms with Gasteiger partial charge in [0.05, 0.1) is 0 Å². The molecule has 1 unspecified atom stereocenters. The molecule has 3 heteroatoms. The first-order valence-electron chi connectivity index (χ1n) is 7.13. The molecule has 0 bridgehead atoms. The maximum atomic E-state index is 9.24. The lowest BCUT2D eigenvalue weighted by molar-refractivity contribution is -0.0178. The Morgan fingerprint density at radius 1 is 1.26 bits per heavy atom. The van der Waals surface area contributed by atoms with Gasteiger partial charge in [0.2, 0.25) is 0 Å². The van der Waals surface area contributed by atoms with E-state index in [1.807, 2.05) is 0 Å². The van der Waals surface area contributed by atoms with Crippen LogP contribution in [0.2, 0.25) is 0 Å². The van der Waals surface area contributed by atoms with Crippen molar-refractivity contribution in [3.8, 4) is 0 Å². The van der Waals surface area contributed by atoms with Crippen molar-refractivity contribution < 1.29 is 5.11 Å². The molecule has 0 radical (unpaired) electrons. The van der Waals surface area contributed by atoms with Gasteiger partial charge >= 0.3 is 0 Å². The normalized spacial score (nSPS) is 24.5. The van der Waals surface area contributed by atoms with E-state index < -0.39 is 0 Å². The highest BCUT2D eigenvalue weighted by Crippen LogP contribution is 2.26. The number of aliphatic hydroxyl groups excluding tert-OH is 1. The zero-order valence-corrected chi connectivity index (χ0v) is 12.3. The van der Waals surface area contributed by atoms with Crippen molar-refractivity contribution in [3.05, 3.63) is 35.9 Å². The molecule has 106 valence electrons. The number of hydrogen-bond donors (Lipinski definition) is 1. The first-order valence-corrected chi connectivity index (χ1v) is 7.13. The van der Waals surface area contributed by atoms with Crippen molar-refractivity contribution in [2.24, 2.45) is 0 Å². The second kappa shape index (κ2) is 6.04. The highest BCUT2D eigenvalue weighted by atomic mass is 16.3. The van der Waals surface area contributed by atoms with Gasteiger partial charge in [0.15, 0.2) is 0 Å². The molecule has 1 aliphatic rings. The smallest absolute Gasteiger partial charge is 0.0446 e. The third kappa shape index (κ3) is 3.56. The minimum atomic E-state index is 0.160. The molecule has 1 atom stereocenters. The van der Waals surface area contributed by atoms with Crippen molar-refractivity contribution in [2.45, 2.75) is 38.4 Å². The van der Waals surface area contributed by atoms with Crippen LogP contribution < -0.4 is 0 Å². The molecule has 0 spiro atoms. The summed E-state index contributed by atoms with van der Waals surface area (Å²) in [5.41, 5.74) is 1.53. The average molecular weight is 262 g/mol. The lowest BCUT2D eigenvalue weighted by atomic mass is 9.94. The molecule has 0 saturated carbocycles. The van der Waals surface area contributed by atoms with Crippen molar-refractivity contribution in [1.82, 2.24) is 9.80 Å². The van der Waals surface area contributed by atoms with Gasteiger partial charge < -0.3 is 5.11 Å². The van der Waals surface area contributed by atoms with E-state index in [1.54, 1.807) is 0 Å². The standard InChI is InChI=1S/C16H26N2O/c1-16(2)13-18(11-14-7-5-4-6-8-14)12-15(9-10-19)17(16)3/h4-8,15,19H,9-13H2,1-3H3. The van der Waals surface area contributed by atoms with Crippen LogP contribution in [0.3, 0.4) is 0 Å². The van der Waals surface area contributed by atoms with E-state index >= 15 is 0 Å². The Morgan fingerprint density at radius 3 is 2.58 bits per heavy atom. The SMILES string of the molecule is CN1C(CCO)CN(Cc2ccccc2)CC1(C)C. The molecule has 1 saturated heterocycles. The molecule has 19 heavy (non-hydrogen) atoms. The topological polar surface area (TPSA) is 26.7 Å². The number of rotatable bonds is 4. The predicted molar refractivity (Wildman–Crippen MR) is 79.1 cm³/mol. The molecular formula is C16H26N2O. The number of piperazine rings is 1. The molecule has 1 heterocycles. The number of likely N-dealkylation sites (N-methyl/N-ethyl adjacent to an activating group) is 1. The molecule has 0 aliphatic carbocycles. The van der Waals surface area contributed by atoms with E-state index in [4.69, 9.17) is 0 Å². The van der Waals surface area contributed by atoms with Gasteiger partial charge in [-0.1, -0.05) is 30.3 Å². The maximum absolute atomic E-state index is 9.24. The van der Waals surface area contributed by atoms with Crippen LogP contribution in [0.1, 0.15) is 25.8 Å². The third-order valence-corrected chi connectivity index (χ3v) is 4.29. The second-order valence-electron chi connectivity index (χ2n) is 6.24. The van der Waals surface area contributed by atoms with E-state index in [1.165, 1.54) is 5.56 Å². The van der Waals surface area contributed by atoms with E-state index in [2.05, 4.69) is 61.0 Å². The van der Waals surface area contributed by atoms with Gasteiger partial charge in [0.1, 0.15) is 0 Å². The highest BCUT2D eigenvalue weighted by Gasteiger charge is 2.36. The van der Waals surface area contributed by atoms with Gasteiger partial charge in [-0.3, -0.25) is 9.80 Å². The van der Waals surface area contributed by atoms with Crippen molar-refractivity contribution in [3.63, 3.8) is 0 Å². The van der Waals surface area contributed by atoms with Crippen molar-refractivity contribution in [2.75, 3.05) is 26.7 Å². The summed E-state index contributed by atoms with van der Waals surface area (Å²) in [7, 11) is 2.18. The molecule has 1 fully saturated rings. The fourth-order valence-corrected chi connectivity index (χ4v) is 3.03. The van der Waals surface area contributed by atoms with Crippen LogP contribution in [0.4, 0.5) is 0 Å². The lowest BCUT2D eigenvalue weighted by Crippen LogP contribution is -2.62. The molecule has 1 aromatic rings. The Hall–Kier alpha value is -0.900. The van der Waals surface area contributed by atoms with E-state index in [-0.39, 0.29) is 12.1 Å². The van der Waals surface area contributed by atoms with Gasteiger partial charge in [-0.15, -0.1) is 0 Å². The first kappa shape index (κ1) is 14.5. The predicted octanol–water partition coefficient (Wildman–Crippen LogP) is 1.96. The zero-order chi connectivity index (χ0) is 13.9. The van der Waals surface area contributed by atoms with Crippen molar-refractivity contribution >= 4 is 0 Å². The molecule has 2 rings (SSSR count). The Kier molecular flexibility index (Phi) is 4.61. The molecule has 0 aromatic heterocycles. The molecule has 3 nitrogen and oxygen atoms in total. The van der Waals surface area contributed by atoms with Crippen LogP contribution >= 0.6 is 0 Å². The van der Waals surface area contributed by atoms with E-state index in [9.17, 15) is 5.11 Å². The van der Waals surface area contributed by atoms with Gasteiger partial charge in [-0.05, 0) is 32.9 Å². The molecule has 0 amide bonds. The summed E-state index contributed by atoms with van der Waals surface area (Å²) in [6.45, 7) is 7.95. The Balaban J connectivity index is 2.05. The minimum absolute atomic E-state index is 0.160. The summed E-state index contributed by atoms with van der Waals surface area (Å²) in [6, 6.07) is 11.1. The fraction of sp³-hybridized carbons (Fsp3) is 0.625. The van der Waals surface area contributed by atoms with Gasteiger partial charge in [-0.25, -0.2) is 0 Å². The summed E-state index contributed by atoms with van der Waals surface area (Å²) < 4.78 is 0. The van der Waals surface area contributed by atoms with Crippen LogP contribution in [-0.2, 0) is 6.54 Å². The third-order valence-electron chi connectivity index (χ3n) is 4.29. The maximum Gasteiger partial charge on any atom is 0.0446 e. The van der Waals surface area contributed by atoms with Gasteiger partial charge in [0, 0.05) is 37.8 Å². The quantitative estimate of drug-likeness (QED) is 0.898. The van der Waals surface area contributed by atoms with Crippen LogP contribution in [0.15, 0.2) is 30.3 Å². The summed E-state index contributed by atoms with van der Waals surface area (Å²) >= 11 is 0. The summed E-state index contributed by atoms with van der Waals surface area (Å²) in [5.74, 6) is 0. The molecule has 1 aliphatic heterocycles. The van der Waals surface area contributed by atoms with Crippen LogP contribution in [-0.4, -0.2) is 53.2 Å². The van der Waals surface area contributed by atoms with Gasteiger partial charge in [-0.2, -0.15) is 0 Å². The molecular weight excluding hydrogens is 236 g/mol. The summed E-state index contributed by atoms with van der Waals surface area (Å²) in [5, 5.41) is 9.24. The monoisotopic (exact) mass is 262 g/mol. The highest BCUT2D eigenvalue weighted by molar-refractivity contribution is 5.15. The number of benzene rings is 1. The molecule has 1 N–H and O–H groups in total. The van der Waals surface area contributed by atoms with E-state index in [0.717, 1.165) is 26.1 Å². The Labute approximate surface area is 116 Å². The van der Waals surface area contributed by atoms with Crippen molar-refractivity contribution in [1.29, 1.82) is 0 Å². The molecule has 1 aromatic carbocycles. The summed E-state index contributed by atoms with van der Waals surface area (Å²) in [6.07, 6.45) is 0.852. The second-order valence-corrected chi connectivity index (χ2v) is 6.24. The van der Waals surface area contributed by atoms with E-state index in [0.29, 0.717) is 6.04 Å². The first-order chi connectivity index (χ1) is 9.03. The lowest BCUT2D eigenvalue weighted by Gasteiger charge is -2.50. The Morgan fingerprint density at radius 2 is 1.95 bits per heavy atom. The number of nitrogens with zero attached hydrogens (tertiary/aromatic N) is 2. The van der Waals surface area contributed by atoms with Crippen LogP contribution in [0, 0.1) is 0 Å². The average Bonchev–Trinajstić information content (AvgIpc) is 2.36.